The molecule has 2 amide bonds. The van der Waals surface area contributed by atoms with Gasteiger partial charge in [-0.05, 0) is 30.3 Å². The van der Waals surface area contributed by atoms with Crippen LogP contribution in [0, 0.1) is 0 Å². The number of amides is 2. The Morgan fingerprint density at radius 3 is 2.64 bits per heavy atom. The number of benzene rings is 2. The number of hydrogen-bond donors (Lipinski definition) is 2. The molecule has 0 radical (unpaired) electrons. The summed E-state index contributed by atoms with van der Waals surface area (Å²) in [6.45, 7) is -0.0320. The van der Waals surface area contributed by atoms with Gasteiger partial charge in [0.2, 0.25) is 18.6 Å². The number of rotatable bonds is 7. The van der Waals surface area contributed by atoms with E-state index < -0.39 is 0 Å². The molecule has 2 N–H and O–H groups in total. The van der Waals surface area contributed by atoms with Gasteiger partial charge < -0.3 is 29.3 Å². The summed E-state index contributed by atoms with van der Waals surface area (Å²) in [5.41, 5.74) is 2.05. The Bertz CT molecular complexity index is 1310. The van der Waals surface area contributed by atoms with Crippen molar-refractivity contribution in [2.45, 2.75) is 6.42 Å². The third-order valence-corrected chi connectivity index (χ3v) is 5.79. The van der Waals surface area contributed by atoms with Gasteiger partial charge in [-0.15, -0.1) is 11.3 Å². The van der Waals surface area contributed by atoms with Crippen LogP contribution < -0.4 is 24.8 Å². The van der Waals surface area contributed by atoms with Crippen molar-refractivity contribution in [3.63, 3.8) is 0 Å². The number of aromatic nitrogens is 1. The van der Waals surface area contributed by atoms with Crippen LogP contribution in [0.15, 0.2) is 52.4 Å². The van der Waals surface area contributed by atoms with E-state index in [-0.39, 0.29) is 31.6 Å². The molecule has 2 aromatic carbocycles. The van der Waals surface area contributed by atoms with Crippen LogP contribution >= 0.6 is 11.3 Å². The van der Waals surface area contributed by atoms with Crippen LogP contribution in [0.25, 0.3) is 22.3 Å². The molecule has 0 unspecified atom stereocenters. The number of ether oxygens (including phenoxy) is 3. The van der Waals surface area contributed by atoms with E-state index >= 15 is 0 Å². The van der Waals surface area contributed by atoms with E-state index in [4.69, 9.17) is 18.6 Å². The minimum Gasteiger partial charge on any atom is -0.497 e. The molecule has 33 heavy (non-hydrogen) atoms. The fourth-order valence-corrected chi connectivity index (χ4v) is 4.08. The fourth-order valence-electron chi connectivity index (χ4n) is 3.54. The molecule has 10 heteroatoms. The average molecular weight is 465 g/mol. The van der Waals surface area contributed by atoms with E-state index in [0.29, 0.717) is 39.3 Å². The number of thiazole rings is 1. The zero-order valence-corrected chi connectivity index (χ0v) is 18.4. The summed E-state index contributed by atoms with van der Waals surface area (Å²) in [5.74, 6) is 1.77. The van der Waals surface area contributed by atoms with Gasteiger partial charge in [0, 0.05) is 34.2 Å². The maximum Gasteiger partial charge on any atom is 0.245 e. The first kappa shape index (κ1) is 20.8. The number of furan rings is 1. The molecule has 168 valence electrons. The molecule has 1 aliphatic rings. The molecule has 9 nitrogen and oxygen atoms in total. The van der Waals surface area contributed by atoms with Gasteiger partial charge in [0.25, 0.3) is 0 Å². The molecule has 3 heterocycles. The first-order valence-electron chi connectivity index (χ1n) is 10.1. The fraction of sp³-hybridized carbons (Fsp3) is 0.174. The Kier molecular flexibility index (Phi) is 5.57. The van der Waals surface area contributed by atoms with Crippen molar-refractivity contribution in [2.24, 2.45) is 0 Å². The number of methoxy groups -OCH3 is 1. The van der Waals surface area contributed by atoms with E-state index in [9.17, 15) is 9.59 Å². The van der Waals surface area contributed by atoms with Crippen LogP contribution in [0.2, 0.25) is 0 Å². The molecule has 5 rings (SSSR count). The predicted octanol–water partition coefficient (Wildman–Crippen LogP) is 3.59. The minimum absolute atomic E-state index is 0.0124. The van der Waals surface area contributed by atoms with E-state index in [1.54, 1.807) is 24.8 Å². The average Bonchev–Trinajstić information content (AvgIpc) is 3.57. The molecule has 0 atom stereocenters. The van der Waals surface area contributed by atoms with Crippen LogP contribution in [0.5, 0.6) is 17.2 Å². The second-order valence-corrected chi connectivity index (χ2v) is 8.07. The van der Waals surface area contributed by atoms with Crippen LogP contribution in [0.3, 0.4) is 0 Å². The Hall–Kier alpha value is -4.05. The van der Waals surface area contributed by atoms with Crippen LogP contribution in [-0.4, -0.2) is 37.2 Å². The third-order valence-electron chi connectivity index (χ3n) is 5.10. The highest BCUT2D eigenvalue weighted by molar-refractivity contribution is 7.13. The summed E-state index contributed by atoms with van der Waals surface area (Å²) in [6.07, 6.45) is 1.60. The Labute approximate surface area is 192 Å². The molecule has 0 spiro atoms. The quantitative estimate of drug-likeness (QED) is 0.429. The maximum absolute atomic E-state index is 12.8. The molecule has 0 saturated heterocycles. The zero-order valence-electron chi connectivity index (χ0n) is 17.5. The van der Waals surface area contributed by atoms with Crippen LogP contribution in [0.4, 0.5) is 5.13 Å². The highest BCUT2D eigenvalue weighted by Gasteiger charge is 2.23. The molecule has 0 aliphatic carbocycles. The maximum atomic E-state index is 12.8. The van der Waals surface area contributed by atoms with Gasteiger partial charge in [-0.3, -0.25) is 9.59 Å². The van der Waals surface area contributed by atoms with Gasteiger partial charge in [-0.25, -0.2) is 4.98 Å². The summed E-state index contributed by atoms with van der Waals surface area (Å²) < 4.78 is 22.3. The van der Waals surface area contributed by atoms with Crippen molar-refractivity contribution in [2.75, 3.05) is 25.8 Å². The minimum atomic E-state index is -0.353. The summed E-state index contributed by atoms with van der Waals surface area (Å²) in [7, 11) is 1.60. The SMILES string of the molecule is COc1ccc(-c2oc3cc4c(cc3c2CC(=O)NCC(=O)Nc2nccs2)OCO4)cc1. The standard InChI is InChI=1S/C23H19N3O6S/c1-29-14-4-2-13(3-5-14)22-16(15-8-18-19(31-12-30-18)10-17(15)32-22)9-20(27)25-11-21(28)26-23-24-6-7-33-23/h2-8,10H,9,11-12H2,1H3,(H,25,27)(H,24,26,28). The lowest BCUT2D eigenvalue weighted by Crippen LogP contribution is -2.33. The van der Waals surface area contributed by atoms with Gasteiger partial charge in [0.1, 0.15) is 17.1 Å². The summed E-state index contributed by atoms with van der Waals surface area (Å²) in [5, 5.41) is 8.27. The number of nitrogens with one attached hydrogen (secondary N) is 2. The monoisotopic (exact) mass is 465 g/mol. The first-order valence-corrected chi connectivity index (χ1v) is 10.9. The van der Waals surface area contributed by atoms with Crippen molar-refractivity contribution in [3.8, 4) is 28.6 Å². The number of hydrogen-bond acceptors (Lipinski definition) is 8. The number of nitrogens with zero attached hydrogens (tertiary/aromatic N) is 1. The largest absolute Gasteiger partial charge is 0.497 e. The topological polar surface area (TPSA) is 112 Å². The smallest absolute Gasteiger partial charge is 0.245 e. The van der Waals surface area contributed by atoms with Crippen molar-refractivity contribution in [3.05, 3.63) is 53.5 Å². The van der Waals surface area contributed by atoms with Gasteiger partial charge in [0.05, 0.1) is 20.1 Å². The molecule has 0 saturated carbocycles. The van der Waals surface area contributed by atoms with Gasteiger partial charge in [0.15, 0.2) is 16.6 Å². The van der Waals surface area contributed by atoms with E-state index in [2.05, 4.69) is 15.6 Å². The molecule has 1 aliphatic heterocycles. The Morgan fingerprint density at radius 2 is 1.91 bits per heavy atom. The molecular formula is C23H19N3O6S. The van der Waals surface area contributed by atoms with Gasteiger partial charge >= 0.3 is 0 Å². The van der Waals surface area contributed by atoms with Crippen molar-refractivity contribution in [1.29, 1.82) is 0 Å². The predicted molar refractivity (Wildman–Crippen MR) is 122 cm³/mol. The van der Waals surface area contributed by atoms with Gasteiger partial charge in [-0.1, -0.05) is 0 Å². The number of fused-ring (bicyclic) bond motifs is 2. The normalized spacial score (nSPS) is 12.0. The lowest BCUT2D eigenvalue weighted by Gasteiger charge is -2.07. The molecular weight excluding hydrogens is 446 g/mol. The van der Waals surface area contributed by atoms with E-state index in [0.717, 1.165) is 10.9 Å². The highest BCUT2D eigenvalue weighted by atomic mass is 32.1. The lowest BCUT2D eigenvalue weighted by molar-refractivity contribution is -0.123. The summed E-state index contributed by atoms with van der Waals surface area (Å²) >= 11 is 1.30. The highest BCUT2D eigenvalue weighted by Crippen LogP contribution is 2.42. The first-order chi connectivity index (χ1) is 16.1. The Morgan fingerprint density at radius 1 is 1.12 bits per heavy atom. The summed E-state index contributed by atoms with van der Waals surface area (Å²) in [4.78, 5) is 28.8. The molecule has 0 fully saturated rings. The Balaban J connectivity index is 1.41. The van der Waals surface area contributed by atoms with Crippen molar-refractivity contribution in [1.82, 2.24) is 10.3 Å². The lowest BCUT2D eigenvalue weighted by atomic mass is 10.0. The second-order valence-electron chi connectivity index (χ2n) is 7.18. The van der Waals surface area contributed by atoms with Gasteiger partial charge in [-0.2, -0.15) is 0 Å². The van der Waals surface area contributed by atoms with E-state index in [1.165, 1.54) is 11.3 Å². The van der Waals surface area contributed by atoms with Crippen molar-refractivity contribution >= 4 is 39.3 Å². The summed E-state index contributed by atoms with van der Waals surface area (Å²) in [6, 6.07) is 10.9. The number of carbonyl (C=O) groups is 2. The second kappa shape index (κ2) is 8.83. The van der Waals surface area contributed by atoms with Crippen LogP contribution in [-0.2, 0) is 16.0 Å². The van der Waals surface area contributed by atoms with Crippen LogP contribution in [0.1, 0.15) is 5.56 Å². The number of anilines is 1. The van der Waals surface area contributed by atoms with E-state index in [1.807, 2.05) is 30.3 Å². The molecule has 4 aromatic rings. The molecule has 2 aromatic heterocycles. The third kappa shape index (κ3) is 4.33. The molecule has 0 bridgehead atoms. The zero-order chi connectivity index (χ0) is 22.8. The van der Waals surface area contributed by atoms with Crippen molar-refractivity contribution < 1.29 is 28.2 Å². The number of carbonyl (C=O) groups excluding carboxylic acids is 2.